The molecule has 4 rings (SSSR count). The van der Waals surface area contributed by atoms with Crippen LogP contribution in [0.5, 0.6) is 0 Å². The molecule has 0 bridgehead atoms. The van der Waals surface area contributed by atoms with Gasteiger partial charge in [-0.3, -0.25) is 0 Å². The molecule has 2 aromatic rings. The van der Waals surface area contributed by atoms with Gasteiger partial charge >= 0.3 is 0 Å². The van der Waals surface area contributed by atoms with Gasteiger partial charge in [-0.05, 0) is 49.8 Å². The molecule has 1 saturated heterocycles. The number of hydrogen-bond acceptors (Lipinski definition) is 3. The molecule has 1 N–H and O–H groups in total. The molecule has 0 amide bonds. The monoisotopic (exact) mass is 336 g/mol. The SMILES string of the molecule is Clc1ccc2ccc(NC3CCOC(C4CC4)C3)nc2c1Cl. The Morgan fingerprint density at radius 1 is 1.09 bits per heavy atom. The smallest absolute Gasteiger partial charge is 0.126 e. The van der Waals surface area contributed by atoms with Crippen molar-refractivity contribution in [2.24, 2.45) is 5.92 Å². The number of ether oxygens (including phenoxy) is 1. The quantitative estimate of drug-likeness (QED) is 0.864. The van der Waals surface area contributed by atoms with Crippen LogP contribution in [0.3, 0.4) is 0 Å². The molecule has 2 unspecified atom stereocenters. The first kappa shape index (κ1) is 14.6. The van der Waals surface area contributed by atoms with Gasteiger partial charge in [0.25, 0.3) is 0 Å². The predicted molar refractivity (Wildman–Crippen MR) is 90.9 cm³/mol. The number of halogens is 2. The van der Waals surface area contributed by atoms with Crippen LogP contribution in [-0.4, -0.2) is 23.7 Å². The van der Waals surface area contributed by atoms with Crippen LogP contribution in [0.1, 0.15) is 25.7 Å². The molecule has 1 saturated carbocycles. The lowest BCUT2D eigenvalue weighted by Crippen LogP contribution is -2.35. The summed E-state index contributed by atoms with van der Waals surface area (Å²) in [6.07, 6.45) is 5.14. The van der Waals surface area contributed by atoms with Crippen molar-refractivity contribution >= 4 is 39.9 Å². The maximum Gasteiger partial charge on any atom is 0.126 e. The van der Waals surface area contributed by atoms with Gasteiger partial charge in [-0.15, -0.1) is 0 Å². The van der Waals surface area contributed by atoms with Crippen LogP contribution in [-0.2, 0) is 4.74 Å². The van der Waals surface area contributed by atoms with Crippen molar-refractivity contribution in [3.63, 3.8) is 0 Å². The van der Waals surface area contributed by atoms with Crippen molar-refractivity contribution in [2.75, 3.05) is 11.9 Å². The molecular weight excluding hydrogens is 319 g/mol. The highest BCUT2D eigenvalue weighted by Crippen LogP contribution is 2.38. The van der Waals surface area contributed by atoms with E-state index in [2.05, 4.69) is 10.3 Å². The average molecular weight is 337 g/mol. The van der Waals surface area contributed by atoms with E-state index in [0.29, 0.717) is 22.2 Å². The number of benzene rings is 1. The van der Waals surface area contributed by atoms with Gasteiger partial charge in [0.05, 0.1) is 21.7 Å². The largest absolute Gasteiger partial charge is 0.378 e. The first-order chi connectivity index (χ1) is 10.7. The number of hydrogen-bond donors (Lipinski definition) is 1. The fourth-order valence-electron chi connectivity index (χ4n) is 3.17. The van der Waals surface area contributed by atoms with Gasteiger partial charge in [-0.1, -0.05) is 29.3 Å². The molecule has 2 aliphatic rings. The predicted octanol–water partition coefficient (Wildman–Crippen LogP) is 4.91. The van der Waals surface area contributed by atoms with E-state index in [1.807, 2.05) is 18.2 Å². The molecule has 0 spiro atoms. The lowest BCUT2D eigenvalue weighted by atomic mass is 10.00. The minimum Gasteiger partial charge on any atom is -0.378 e. The first-order valence-corrected chi connectivity index (χ1v) is 8.59. The minimum atomic E-state index is 0.419. The van der Waals surface area contributed by atoms with Crippen molar-refractivity contribution in [3.8, 4) is 0 Å². The van der Waals surface area contributed by atoms with Crippen molar-refractivity contribution in [1.29, 1.82) is 0 Å². The Morgan fingerprint density at radius 3 is 2.73 bits per heavy atom. The number of pyridine rings is 1. The summed E-state index contributed by atoms with van der Waals surface area (Å²) in [6, 6.07) is 8.21. The van der Waals surface area contributed by atoms with Crippen molar-refractivity contribution in [1.82, 2.24) is 4.98 Å². The van der Waals surface area contributed by atoms with Gasteiger partial charge in [0, 0.05) is 18.0 Å². The molecule has 0 radical (unpaired) electrons. The summed E-state index contributed by atoms with van der Waals surface area (Å²) >= 11 is 12.4. The number of fused-ring (bicyclic) bond motifs is 1. The molecule has 1 aromatic carbocycles. The van der Waals surface area contributed by atoms with E-state index < -0.39 is 0 Å². The summed E-state index contributed by atoms with van der Waals surface area (Å²) in [6.45, 7) is 0.832. The van der Waals surface area contributed by atoms with Crippen LogP contribution in [0, 0.1) is 5.92 Å². The standard InChI is InChI=1S/C17H18Cl2N2O/c18-13-5-3-11-4-6-15(21-17(11)16(13)19)20-12-7-8-22-14(9-12)10-1-2-10/h3-6,10,12,14H,1-2,7-9H2,(H,20,21). The zero-order valence-electron chi connectivity index (χ0n) is 12.2. The van der Waals surface area contributed by atoms with Crippen LogP contribution in [0.15, 0.2) is 24.3 Å². The molecule has 1 aliphatic heterocycles. The highest BCUT2D eigenvalue weighted by Gasteiger charge is 2.35. The molecule has 22 heavy (non-hydrogen) atoms. The third-order valence-electron chi connectivity index (χ3n) is 4.57. The van der Waals surface area contributed by atoms with Crippen LogP contribution < -0.4 is 5.32 Å². The third kappa shape index (κ3) is 2.90. The third-order valence-corrected chi connectivity index (χ3v) is 5.36. The number of anilines is 1. The summed E-state index contributed by atoms with van der Waals surface area (Å²) in [5.74, 6) is 1.64. The van der Waals surface area contributed by atoms with Gasteiger partial charge < -0.3 is 10.1 Å². The second-order valence-corrected chi connectivity index (χ2v) is 7.03. The number of nitrogens with one attached hydrogen (secondary N) is 1. The van der Waals surface area contributed by atoms with E-state index >= 15 is 0 Å². The van der Waals surface area contributed by atoms with Crippen LogP contribution in [0.25, 0.3) is 10.9 Å². The van der Waals surface area contributed by atoms with E-state index in [-0.39, 0.29) is 0 Å². The topological polar surface area (TPSA) is 34.1 Å². The lowest BCUT2D eigenvalue weighted by Gasteiger charge is -2.30. The van der Waals surface area contributed by atoms with E-state index in [9.17, 15) is 0 Å². The molecule has 5 heteroatoms. The van der Waals surface area contributed by atoms with Gasteiger partial charge in [0.15, 0.2) is 0 Å². The molecule has 2 heterocycles. The van der Waals surface area contributed by atoms with Crippen molar-refractivity contribution in [2.45, 2.75) is 37.8 Å². The number of nitrogens with zero attached hydrogens (tertiary/aromatic N) is 1. The lowest BCUT2D eigenvalue weighted by molar-refractivity contribution is -0.00222. The summed E-state index contributed by atoms with van der Waals surface area (Å²) < 4.78 is 5.88. The van der Waals surface area contributed by atoms with E-state index in [4.69, 9.17) is 27.9 Å². The second-order valence-electron chi connectivity index (χ2n) is 6.24. The highest BCUT2D eigenvalue weighted by atomic mass is 35.5. The minimum absolute atomic E-state index is 0.419. The Morgan fingerprint density at radius 2 is 1.91 bits per heavy atom. The van der Waals surface area contributed by atoms with Crippen LogP contribution >= 0.6 is 23.2 Å². The van der Waals surface area contributed by atoms with Gasteiger partial charge in [0.1, 0.15) is 5.82 Å². The molecule has 3 nitrogen and oxygen atoms in total. The first-order valence-electron chi connectivity index (χ1n) is 7.83. The van der Waals surface area contributed by atoms with Crippen LogP contribution in [0.2, 0.25) is 10.0 Å². The molecule has 2 fully saturated rings. The number of rotatable bonds is 3. The van der Waals surface area contributed by atoms with Crippen molar-refractivity contribution in [3.05, 3.63) is 34.3 Å². The molecular formula is C17H18Cl2N2O. The molecule has 1 aliphatic carbocycles. The maximum absolute atomic E-state index is 6.27. The fourth-order valence-corrected chi connectivity index (χ4v) is 3.54. The maximum atomic E-state index is 6.27. The van der Waals surface area contributed by atoms with Crippen molar-refractivity contribution < 1.29 is 4.74 Å². The Hall–Kier alpha value is -1.03. The highest BCUT2D eigenvalue weighted by molar-refractivity contribution is 6.45. The average Bonchev–Trinajstić information content (AvgIpc) is 3.37. The van der Waals surface area contributed by atoms with E-state index in [1.54, 1.807) is 6.07 Å². The van der Waals surface area contributed by atoms with E-state index in [1.165, 1.54) is 12.8 Å². The normalized spacial score (nSPS) is 25.4. The Kier molecular flexibility index (Phi) is 3.89. The Balaban J connectivity index is 1.54. The van der Waals surface area contributed by atoms with Gasteiger partial charge in [-0.25, -0.2) is 4.98 Å². The molecule has 116 valence electrons. The second kappa shape index (κ2) is 5.88. The van der Waals surface area contributed by atoms with Gasteiger partial charge in [-0.2, -0.15) is 0 Å². The van der Waals surface area contributed by atoms with E-state index in [0.717, 1.165) is 42.1 Å². The zero-order valence-corrected chi connectivity index (χ0v) is 13.7. The zero-order chi connectivity index (χ0) is 15.1. The molecule has 1 aromatic heterocycles. The molecule has 2 atom stereocenters. The van der Waals surface area contributed by atoms with Gasteiger partial charge in [0.2, 0.25) is 0 Å². The number of aromatic nitrogens is 1. The summed E-state index contributed by atoms with van der Waals surface area (Å²) in [5, 5.41) is 5.60. The fraction of sp³-hybridized carbons (Fsp3) is 0.471. The summed E-state index contributed by atoms with van der Waals surface area (Å²) in [4.78, 5) is 4.65. The Labute approximate surface area is 140 Å². The van der Waals surface area contributed by atoms with Crippen LogP contribution in [0.4, 0.5) is 5.82 Å². The summed E-state index contributed by atoms with van der Waals surface area (Å²) in [7, 11) is 0. The summed E-state index contributed by atoms with van der Waals surface area (Å²) in [5.41, 5.74) is 0.755. The Bertz CT molecular complexity index is 702.